The van der Waals surface area contributed by atoms with Crippen LogP contribution in [-0.4, -0.2) is 23.0 Å². The van der Waals surface area contributed by atoms with Crippen LogP contribution in [0.25, 0.3) is 0 Å². The summed E-state index contributed by atoms with van der Waals surface area (Å²) in [4.78, 5) is 6.41. The van der Waals surface area contributed by atoms with Gasteiger partial charge in [-0.2, -0.15) is 4.39 Å². The molecule has 0 amide bonds. The van der Waals surface area contributed by atoms with Gasteiger partial charge in [-0.25, -0.2) is 4.98 Å². The van der Waals surface area contributed by atoms with Crippen molar-refractivity contribution in [1.82, 2.24) is 9.88 Å². The zero-order valence-corrected chi connectivity index (χ0v) is 10.8. The lowest BCUT2D eigenvalue weighted by Crippen LogP contribution is -2.19. The highest BCUT2D eigenvalue weighted by Gasteiger charge is 2.24. The molecule has 1 unspecified atom stereocenters. The number of aromatic nitrogens is 1. The molecule has 1 aromatic carbocycles. The maximum absolute atomic E-state index is 13.1. The molecule has 1 saturated heterocycles. The van der Waals surface area contributed by atoms with E-state index < -0.39 is 0 Å². The van der Waals surface area contributed by atoms with Crippen LogP contribution in [-0.2, 0) is 6.54 Å². The largest absolute Gasteiger partial charge is 0.298 e. The van der Waals surface area contributed by atoms with E-state index in [2.05, 4.69) is 34.1 Å². The number of hydrogen-bond acceptors (Lipinski definition) is 2. The Morgan fingerprint density at radius 1 is 1.11 bits per heavy atom. The van der Waals surface area contributed by atoms with E-state index >= 15 is 0 Å². The third-order valence-electron chi connectivity index (χ3n) is 3.68. The SMILES string of the molecule is Fc1cccc(C2CCN(Cc3ccccc3)C2)n1. The second-order valence-corrected chi connectivity index (χ2v) is 5.09. The molecule has 3 heteroatoms. The Bertz CT molecular complexity index is 541. The van der Waals surface area contributed by atoms with Gasteiger partial charge in [0.05, 0.1) is 0 Å². The molecule has 3 rings (SSSR count). The molecule has 0 spiro atoms. The van der Waals surface area contributed by atoms with Gasteiger partial charge in [0, 0.05) is 24.7 Å². The Labute approximate surface area is 112 Å². The summed E-state index contributed by atoms with van der Waals surface area (Å²) >= 11 is 0. The molecular weight excluding hydrogens is 239 g/mol. The smallest absolute Gasteiger partial charge is 0.213 e. The van der Waals surface area contributed by atoms with Crippen molar-refractivity contribution in [3.8, 4) is 0 Å². The lowest BCUT2D eigenvalue weighted by atomic mass is 10.0. The Morgan fingerprint density at radius 3 is 2.74 bits per heavy atom. The molecule has 1 atom stereocenters. The zero-order valence-electron chi connectivity index (χ0n) is 10.8. The first kappa shape index (κ1) is 12.3. The molecular formula is C16H17FN2. The average molecular weight is 256 g/mol. The van der Waals surface area contributed by atoms with Crippen LogP contribution < -0.4 is 0 Å². The van der Waals surface area contributed by atoms with Crippen LogP contribution in [0.4, 0.5) is 4.39 Å². The first-order valence-electron chi connectivity index (χ1n) is 6.70. The highest BCUT2D eigenvalue weighted by molar-refractivity contribution is 5.16. The van der Waals surface area contributed by atoms with Gasteiger partial charge in [-0.15, -0.1) is 0 Å². The Morgan fingerprint density at radius 2 is 1.95 bits per heavy atom. The Hall–Kier alpha value is -1.74. The predicted octanol–water partition coefficient (Wildman–Crippen LogP) is 3.21. The quantitative estimate of drug-likeness (QED) is 0.784. The highest BCUT2D eigenvalue weighted by Crippen LogP contribution is 2.26. The van der Waals surface area contributed by atoms with Gasteiger partial charge in [-0.1, -0.05) is 36.4 Å². The molecule has 2 heterocycles. The zero-order chi connectivity index (χ0) is 13.1. The van der Waals surface area contributed by atoms with E-state index in [4.69, 9.17) is 0 Å². The monoisotopic (exact) mass is 256 g/mol. The van der Waals surface area contributed by atoms with E-state index in [0.29, 0.717) is 5.92 Å². The third kappa shape index (κ3) is 2.99. The van der Waals surface area contributed by atoms with Crippen LogP contribution in [0.3, 0.4) is 0 Å². The molecule has 1 aliphatic heterocycles. The van der Waals surface area contributed by atoms with Gasteiger partial charge in [-0.05, 0) is 30.7 Å². The van der Waals surface area contributed by atoms with E-state index in [0.717, 1.165) is 31.7 Å². The second-order valence-electron chi connectivity index (χ2n) is 5.09. The van der Waals surface area contributed by atoms with Crippen LogP contribution in [0.1, 0.15) is 23.6 Å². The van der Waals surface area contributed by atoms with Gasteiger partial charge < -0.3 is 0 Å². The molecule has 0 N–H and O–H groups in total. The summed E-state index contributed by atoms with van der Waals surface area (Å²) in [6, 6.07) is 15.5. The maximum atomic E-state index is 13.1. The molecule has 0 saturated carbocycles. The van der Waals surface area contributed by atoms with Crippen molar-refractivity contribution in [3.63, 3.8) is 0 Å². The number of hydrogen-bond donors (Lipinski definition) is 0. The number of benzene rings is 1. The summed E-state index contributed by atoms with van der Waals surface area (Å²) in [5.74, 6) is -0.0154. The number of nitrogens with zero attached hydrogens (tertiary/aromatic N) is 2. The van der Waals surface area contributed by atoms with Gasteiger partial charge >= 0.3 is 0 Å². The summed E-state index contributed by atoms with van der Waals surface area (Å²) in [5, 5.41) is 0. The van der Waals surface area contributed by atoms with Gasteiger partial charge in [-0.3, -0.25) is 4.90 Å². The van der Waals surface area contributed by atoms with E-state index in [9.17, 15) is 4.39 Å². The van der Waals surface area contributed by atoms with Crippen LogP contribution >= 0.6 is 0 Å². The maximum Gasteiger partial charge on any atom is 0.213 e. The van der Waals surface area contributed by atoms with Crippen molar-refractivity contribution < 1.29 is 4.39 Å². The molecule has 1 aliphatic rings. The van der Waals surface area contributed by atoms with Crippen LogP contribution in [0.2, 0.25) is 0 Å². The highest BCUT2D eigenvalue weighted by atomic mass is 19.1. The normalized spacial score (nSPS) is 19.7. The fraction of sp³-hybridized carbons (Fsp3) is 0.312. The van der Waals surface area contributed by atoms with Crippen LogP contribution in [0.15, 0.2) is 48.5 Å². The van der Waals surface area contributed by atoms with E-state index in [1.165, 1.54) is 11.6 Å². The summed E-state index contributed by atoms with van der Waals surface area (Å²) in [7, 11) is 0. The van der Waals surface area contributed by atoms with Crippen LogP contribution in [0, 0.1) is 5.95 Å². The molecule has 19 heavy (non-hydrogen) atoms. The summed E-state index contributed by atoms with van der Waals surface area (Å²) < 4.78 is 13.1. The number of rotatable bonds is 3. The lowest BCUT2D eigenvalue weighted by Gasteiger charge is -2.15. The van der Waals surface area contributed by atoms with Crippen LogP contribution in [0.5, 0.6) is 0 Å². The molecule has 1 aromatic heterocycles. The lowest BCUT2D eigenvalue weighted by molar-refractivity contribution is 0.326. The minimum atomic E-state index is -0.376. The fourth-order valence-corrected chi connectivity index (χ4v) is 2.71. The average Bonchev–Trinajstić information content (AvgIpc) is 2.88. The summed E-state index contributed by atoms with van der Waals surface area (Å²) in [6.07, 6.45) is 1.06. The molecule has 0 aliphatic carbocycles. The third-order valence-corrected chi connectivity index (χ3v) is 3.68. The van der Waals surface area contributed by atoms with Gasteiger partial charge in [0.2, 0.25) is 5.95 Å². The van der Waals surface area contributed by atoms with Gasteiger partial charge in [0.1, 0.15) is 0 Å². The minimum absolute atomic E-state index is 0.361. The van der Waals surface area contributed by atoms with Gasteiger partial charge in [0.25, 0.3) is 0 Å². The van der Waals surface area contributed by atoms with Crippen molar-refractivity contribution in [1.29, 1.82) is 0 Å². The number of halogens is 1. The number of pyridine rings is 1. The van der Waals surface area contributed by atoms with Crippen molar-refractivity contribution in [2.24, 2.45) is 0 Å². The predicted molar refractivity (Wildman–Crippen MR) is 73.3 cm³/mol. The second kappa shape index (κ2) is 5.49. The van der Waals surface area contributed by atoms with Crippen molar-refractivity contribution >= 4 is 0 Å². The molecule has 1 fully saturated rings. The van der Waals surface area contributed by atoms with E-state index in [-0.39, 0.29) is 5.95 Å². The van der Waals surface area contributed by atoms with E-state index in [1.807, 2.05) is 12.1 Å². The molecule has 2 nitrogen and oxygen atoms in total. The minimum Gasteiger partial charge on any atom is -0.298 e. The number of likely N-dealkylation sites (tertiary alicyclic amines) is 1. The van der Waals surface area contributed by atoms with Crippen molar-refractivity contribution in [2.75, 3.05) is 13.1 Å². The summed E-state index contributed by atoms with van der Waals surface area (Å²) in [6.45, 7) is 2.98. The van der Waals surface area contributed by atoms with Crippen molar-refractivity contribution in [2.45, 2.75) is 18.9 Å². The molecule has 0 radical (unpaired) electrons. The van der Waals surface area contributed by atoms with Crippen molar-refractivity contribution in [3.05, 3.63) is 65.7 Å². The Balaban J connectivity index is 1.64. The molecule has 98 valence electrons. The first-order valence-corrected chi connectivity index (χ1v) is 6.70. The molecule has 2 aromatic rings. The van der Waals surface area contributed by atoms with Gasteiger partial charge in [0.15, 0.2) is 0 Å². The first-order chi connectivity index (χ1) is 9.31. The topological polar surface area (TPSA) is 16.1 Å². The summed E-state index contributed by atoms with van der Waals surface area (Å²) in [5.41, 5.74) is 2.21. The Kier molecular flexibility index (Phi) is 3.56. The van der Waals surface area contributed by atoms with E-state index in [1.54, 1.807) is 6.07 Å². The fourth-order valence-electron chi connectivity index (χ4n) is 2.71. The standard InChI is InChI=1S/C16H17FN2/c17-16-8-4-7-15(18-16)14-9-10-19(12-14)11-13-5-2-1-3-6-13/h1-8,14H,9-12H2. The molecule has 0 bridgehead atoms.